The smallest absolute Gasteiger partial charge is 0.220 e. The van der Waals surface area contributed by atoms with E-state index < -0.39 is 0 Å². The van der Waals surface area contributed by atoms with Crippen molar-refractivity contribution in [3.63, 3.8) is 0 Å². The number of hydrogen-bond acceptors (Lipinski definition) is 3. The highest BCUT2D eigenvalue weighted by atomic mass is 16.5. The molecule has 0 spiro atoms. The largest absolute Gasteiger partial charge is 0.381 e. The van der Waals surface area contributed by atoms with Crippen LogP contribution in [0.1, 0.15) is 45.4 Å². The molecule has 0 saturated carbocycles. The number of unbranched alkanes of at least 4 members (excludes halogenated alkanes) is 1. The van der Waals surface area contributed by atoms with Gasteiger partial charge in [0.15, 0.2) is 0 Å². The molecule has 0 aromatic heterocycles. The summed E-state index contributed by atoms with van der Waals surface area (Å²) in [5.74, 6) is 0.780. The van der Waals surface area contributed by atoms with Gasteiger partial charge >= 0.3 is 0 Å². The molecule has 1 heterocycles. The summed E-state index contributed by atoms with van der Waals surface area (Å²) in [5.41, 5.74) is 0. The molecule has 2 N–H and O–H groups in total. The molecule has 0 radical (unpaired) electrons. The van der Waals surface area contributed by atoms with E-state index in [4.69, 9.17) is 4.74 Å². The minimum Gasteiger partial charge on any atom is -0.381 e. The van der Waals surface area contributed by atoms with Crippen molar-refractivity contribution in [1.29, 1.82) is 0 Å². The Hall–Kier alpha value is -0.610. The van der Waals surface area contributed by atoms with Crippen LogP contribution in [-0.2, 0) is 9.53 Å². The van der Waals surface area contributed by atoms with Gasteiger partial charge in [-0.2, -0.15) is 0 Å². The van der Waals surface area contributed by atoms with Gasteiger partial charge in [0.25, 0.3) is 0 Å². The molecule has 0 bridgehead atoms. The standard InChI is InChI=1S/C14H28N2O2/c1-2-3-10-18-11-4-7-16-14(17)12-13-5-8-15-9-6-13/h13,15H,2-12H2,1H3,(H,16,17). The average Bonchev–Trinajstić information content (AvgIpc) is 2.39. The third-order valence-corrected chi connectivity index (χ3v) is 3.36. The summed E-state index contributed by atoms with van der Waals surface area (Å²) >= 11 is 0. The highest BCUT2D eigenvalue weighted by Crippen LogP contribution is 2.15. The lowest BCUT2D eigenvalue weighted by Crippen LogP contribution is -2.32. The lowest BCUT2D eigenvalue weighted by Gasteiger charge is -2.21. The Kier molecular flexibility index (Phi) is 8.86. The fraction of sp³-hybridized carbons (Fsp3) is 0.929. The summed E-state index contributed by atoms with van der Waals surface area (Å²) in [4.78, 5) is 11.7. The number of ether oxygens (including phenoxy) is 1. The van der Waals surface area contributed by atoms with Crippen molar-refractivity contribution in [3.05, 3.63) is 0 Å². The molecule has 106 valence electrons. The molecule has 1 aliphatic heterocycles. The van der Waals surface area contributed by atoms with E-state index in [2.05, 4.69) is 17.6 Å². The first-order valence-corrected chi connectivity index (χ1v) is 7.38. The van der Waals surface area contributed by atoms with E-state index in [0.717, 1.165) is 58.5 Å². The van der Waals surface area contributed by atoms with Crippen molar-refractivity contribution in [2.24, 2.45) is 5.92 Å². The van der Waals surface area contributed by atoms with E-state index in [1.165, 1.54) is 6.42 Å². The molecular formula is C14H28N2O2. The van der Waals surface area contributed by atoms with Crippen molar-refractivity contribution in [2.45, 2.75) is 45.4 Å². The Bertz CT molecular complexity index is 216. The van der Waals surface area contributed by atoms with E-state index >= 15 is 0 Å². The van der Waals surface area contributed by atoms with Gasteiger partial charge in [-0.3, -0.25) is 4.79 Å². The predicted molar refractivity (Wildman–Crippen MR) is 73.6 cm³/mol. The van der Waals surface area contributed by atoms with Gasteiger partial charge < -0.3 is 15.4 Å². The van der Waals surface area contributed by atoms with Crippen LogP contribution >= 0.6 is 0 Å². The van der Waals surface area contributed by atoms with Crippen LogP contribution in [0.5, 0.6) is 0 Å². The van der Waals surface area contributed by atoms with Crippen LogP contribution in [0.3, 0.4) is 0 Å². The Morgan fingerprint density at radius 1 is 1.28 bits per heavy atom. The highest BCUT2D eigenvalue weighted by Gasteiger charge is 2.16. The summed E-state index contributed by atoms with van der Waals surface area (Å²) in [6.07, 6.45) is 6.18. The molecule has 0 aliphatic carbocycles. The first-order chi connectivity index (χ1) is 8.83. The maximum absolute atomic E-state index is 11.7. The zero-order valence-corrected chi connectivity index (χ0v) is 11.7. The molecule has 0 unspecified atom stereocenters. The van der Waals surface area contributed by atoms with Crippen LogP contribution in [-0.4, -0.2) is 38.8 Å². The number of carbonyl (C=O) groups is 1. The molecule has 4 nitrogen and oxygen atoms in total. The number of amides is 1. The molecule has 0 atom stereocenters. The molecule has 1 rings (SSSR count). The van der Waals surface area contributed by atoms with Crippen molar-refractivity contribution in [1.82, 2.24) is 10.6 Å². The predicted octanol–water partition coefficient (Wildman–Crippen LogP) is 1.70. The van der Waals surface area contributed by atoms with Crippen molar-refractivity contribution in [3.8, 4) is 0 Å². The third kappa shape index (κ3) is 7.67. The Labute approximate surface area is 111 Å². The lowest BCUT2D eigenvalue weighted by molar-refractivity contribution is -0.122. The lowest BCUT2D eigenvalue weighted by atomic mass is 9.94. The summed E-state index contributed by atoms with van der Waals surface area (Å²) < 4.78 is 5.45. The van der Waals surface area contributed by atoms with Crippen LogP contribution in [0.15, 0.2) is 0 Å². The molecule has 0 aromatic rings. The molecule has 1 saturated heterocycles. The van der Waals surface area contributed by atoms with E-state index in [-0.39, 0.29) is 5.91 Å². The molecule has 4 heteroatoms. The van der Waals surface area contributed by atoms with E-state index in [1.807, 2.05) is 0 Å². The average molecular weight is 256 g/mol. The van der Waals surface area contributed by atoms with E-state index in [9.17, 15) is 4.79 Å². The van der Waals surface area contributed by atoms with Crippen LogP contribution in [0, 0.1) is 5.92 Å². The summed E-state index contributed by atoms with van der Waals surface area (Å²) in [7, 11) is 0. The molecule has 1 fully saturated rings. The molecule has 1 amide bonds. The maximum Gasteiger partial charge on any atom is 0.220 e. The van der Waals surface area contributed by atoms with Crippen molar-refractivity contribution >= 4 is 5.91 Å². The second-order valence-electron chi connectivity index (χ2n) is 5.07. The Morgan fingerprint density at radius 2 is 2.00 bits per heavy atom. The summed E-state index contributed by atoms with van der Waals surface area (Å²) in [6, 6.07) is 0. The van der Waals surface area contributed by atoms with Crippen LogP contribution in [0.2, 0.25) is 0 Å². The molecule has 1 aliphatic rings. The highest BCUT2D eigenvalue weighted by molar-refractivity contribution is 5.76. The zero-order chi connectivity index (χ0) is 13.1. The first kappa shape index (κ1) is 15.4. The van der Waals surface area contributed by atoms with Gasteiger partial charge in [0, 0.05) is 26.2 Å². The van der Waals surface area contributed by atoms with Gasteiger partial charge in [0.1, 0.15) is 0 Å². The molecule has 18 heavy (non-hydrogen) atoms. The Balaban J connectivity index is 1.90. The quantitative estimate of drug-likeness (QED) is 0.617. The first-order valence-electron chi connectivity index (χ1n) is 7.38. The zero-order valence-electron chi connectivity index (χ0n) is 11.7. The third-order valence-electron chi connectivity index (χ3n) is 3.36. The minimum absolute atomic E-state index is 0.204. The van der Waals surface area contributed by atoms with E-state index in [0.29, 0.717) is 12.3 Å². The summed E-state index contributed by atoms with van der Waals surface area (Å²) in [6.45, 7) is 6.62. The molecule has 0 aromatic carbocycles. The van der Waals surface area contributed by atoms with Crippen LogP contribution in [0.25, 0.3) is 0 Å². The minimum atomic E-state index is 0.204. The van der Waals surface area contributed by atoms with Gasteiger partial charge in [0.2, 0.25) is 5.91 Å². The monoisotopic (exact) mass is 256 g/mol. The van der Waals surface area contributed by atoms with Gasteiger partial charge in [-0.1, -0.05) is 13.3 Å². The fourth-order valence-corrected chi connectivity index (χ4v) is 2.17. The molecular weight excluding hydrogens is 228 g/mol. The number of rotatable bonds is 9. The summed E-state index contributed by atoms with van der Waals surface area (Å²) in [5, 5.41) is 6.30. The number of hydrogen-bond donors (Lipinski definition) is 2. The van der Waals surface area contributed by atoms with Gasteiger partial charge in [-0.25, -0.2) is 0 Å². The van der Waals surface area contributed by atoms with Gasteiger partial charge in [-0.05, 0) is 44.7 Å². The topological polar surface area (TPSA) is 50.4 Å². The van der Waals surface area contributed by atoms with Crippen molar-refractivity contribution in [2.75, 3.05) is 32.8 Å². The van der Waals surface area contributed by atoms with Gasteiger partial charge in [0.05, 0.1) is 0 Å². The Morgan fingerprint density at radius 3 is 2.72 bits per heavy atom. The second kappa shape index (κ2) is 10.3. The SMILES string of the molecule is CCCCOCCCNC(=O)CC1CCNCC1. The number of nitrogens with one attached hydrogen (secondary N) is 2. The number of carbonyl (C=O) groups excluding carboxylic acids is 1. The van der Waals surface area contributed by atoms with Gasteiger partial charge in [-0.15, -0.1) is 0 Å². The fourth-order valence-electron chi connectivity index (χ4n) is 2.17. The number of piperidine rings is 1. The van der Waals surface area contributed by atoms with Crippen LogP contribution < -0.4 is 10.6 Å². The van der Waals surface area contributed by atoms with Crippen LogP contribution in [0.4, 0.5) is 0 Å². The van der Waals surface area contributed by atoms with Crippen molar-refractivity contribution < 1.29 is 9.53 Å². The second-order valence-corrected chi connectivity index (χ2v) is 5.07. The normalized spacial score (nSPS) is 16.7. The maximum atomic E-state index is 11.7. The van der Waals surface area contributed by atoms with E-state index in [1.54, 1.807) is 0 Å².